The Morgan fingerprint density at radius 1 is 1.26 bits per heavy atom. The maximum Gasteiger partial charge on any atom is 0.122 e. The SMILES string of the molecule is COc1cccc(OCCCN2CCC(O)CC2)c1. The van der Waals surface area contributed by atoms with Crippen LogP contribution in [0.1, 0.15) is 19.3 Å². The molecule has 4 nitrogen and oxygen atoms in total. The van der Waals surface area contributed by atoms with E-state index in [4.69, 9.17) is 9.47 Å². The van der Waals surface area contributed by atoms with Crippen molar-refractivity contribution in [3.8, 4) is 11.5 Å². The Kier molecular flexibility index (Phi) is 5.48. The van der Waals surface area contributed by atoms with E-state index in [-0.39, 0.29) is 6.10 Å². The third-order valence-corrected chi connectivity index (χ3v) is 3.49. The van der Waals surface area contributed by atoms with Gasteiger partial charge in [-0.15, -0.1) is 0 Å². The van der Waals surface area contributed by atoms with Crippen molar-refractivity contribution in [2.45, 2.75) is 25.4 Å². The minimum absolute atomic E-state index is 0.0933. The molecule has 1 aromatic rings. The molecule has 1 aliphatic heterocycles. The highest BCUT2D eigenvalue weighted by Crippen LogP contribution is 2.19. The molecule has 0 radical (unpaired) electrons. The molecular weight excluding hydrogens is 242 g/mol. The number of rotatable bonds is 6. The van der Waals surface area contributed by atoms with E-state index in [2.05, 4.69) is 4.90 Å². The lowest BCUT2D eigenvalue weighted by molar-refractivity contribution is 0.0800. The average molecular weight is 265 g/mol. The van der Waals surface area contributed by atoms with Crippen LogP contribution in [0.2, 0.25) is 0 Å². The number of piperidine rings is 1. The van der Waals surface area contributed by atoms with E-state index < -0.39 is 0 Å². The summed E-state index contributed by atoms with van der Waals surface area (Å²) in [5.41, 5.74) is 0. The van der Waals surface area contributed by atoms with Gasteiger partial charge in [0.05, 0.1) is 19.8 Å². The van der Waals surface area contributed by atoms with E-state index in [0.29, 0.717) is 6.61 Å². The maximum atomic E-state index is 9.43. The van der Waals surface area contributed by atoms with Gasteiger partial charge in [0.1, 0.15) is 11.5 Å². The Balaban J connectivity index is 1.63. The molecule has 0 aromatic heterocycles. The van der Waals surface area contributed by atoms with Gasteiger partial charge in [0.25, 0.3) is 0 Å². The van der Waals surface area contributed by atoms with Crippen LogP contribution in [0.3, 0.4) is 0 Å². The predicted molar refractivity (Wildman–Crippen MR) is 74.8 cm³/mol. The molecule has 1 heterocycles. The number of methoxy groups -OCH3 is 1. The Morgan fingerprint density at radius 3 is 2.74 bits per heavy atom. The number of benzene rings is 1. The van der Waals surface area contributed by atoms with E-state index in [1.807, 2.05) is 24.3 Å². The van der Waals surface area contributed by atoms with Gasteiger partial charge in [0, 0.05) is 25.7 Å². The number of ether oxygens (including phenoxy) is 2. The first-order chi connectivity index (χ1) is 9.28. The standard InChI is InChI=1S/C15H23NO3/c1-18-14-4-2-5-15(12-14)19-11-3-8-16-9-6-13(17)7-10-16/h2,4-5,12-13,17H,3,6-11H2,1H3. The molecule has 1 N–H and O–H groups in total. The first-order valence-corrected chi connectivity index (χ1v) is 6.95. The highest BCUT2D eigenvalue weighted by molar-refractivity contribution is 5.32. The van der Waals surface area contributed by atoms with E-state index in [0.717, 1.165) is 50.4 Å². The smallest absolute Gasteiger partial charge is 0.122 e. The molecular formula is C15H23NO3. The fraction of sp³-hybridized carbons (Fsp3) is 0.600. The summed E-state index contributed by atoms with van der Waals surface area (Å²) in [6.45, 7) is 3.75. The Hall–Kier alpha value is -1.26. The molecule has 19 heavy (non-hydrogen) atoms. The Bertz CT molecular complexity index is 375. The quantitative estimate of drug-likeness (QED) is 0.798. The molecule has 0 amide bonds. The lowest BCUT2D eigenvalue weighted by Gasteiger charge is -2.29. The van der Waals surface area contributed by atoms with Crippen molar-refractivity contribution in [2.24, 2.45) is 0 Å². The normalized spacial score (nSPS) is 17.4. The first-order valence-electron chi connectivity index (χ1n) is 6.95. The minimum atomic E-state index is -0.0933. The molecule has 1 saturated heterocycles. The van der Waals surface area contributed by atoms with Crippen molar-refractivity contribution >= 4 is 0 Å². The molecule has 0 saturated carbocycles. The molecule has 0 aliphatic carbocycles. The highest BCUT2D eigenvalue weighted by Gasteiger charge is 2.15. The van der Waals surface area contributed by atoms with Crippen LogP contribution < -0.4 is 9.47 Å². The van der Waals surface area contributed by atoms with Gasteiger partial charge in [0.2, 0.25) is 0 Å². The van der Waals surface area contributed by atoms with Gasteiger partial charge in [-0.3, -0.25) is 0 Å². The second kappa shape index (κ2) is 7.36. The van der Waals surface area contributed by atoms with Crippen molar-refractivity contribution in [3.05, 3.63) is 24.3 Å². The largest absolute Gasteiger partial charge is 0.497 e. The summed E-state index contributed by atoms with van der Waals surface area (Å²) in [7, 11) is 1.66. The second-order valence-electron chi connectivity index (χ2n) is 4.95. The van der Waals surface area contributed by atoms with E-state index in [1.54, 1.807) is 7.11 Å². The molecule has 0 atom stereocenters. The second-order valence-corrected chi connectivity index (χ2v) is 4.95. The number of hydrogen-bond acceptors (Lipinski definition) is 4. The molecule has 0 spiro atoms. The van der Waals surface area contributed by atoms with Gasteiger partial charge in [-0.05, 0) is 31.4 Å². The minimum Gasteiger partial charge on any atom is -0.497 e. The number of likely N-dealkylation sites (tertiary alicyclic amines) is 1. The van der Waals surface area contributed by atoms with Gasteiger partial charge >= 0.3 is 0 Å². The van der Waals surface area contributed by atoms with Crippen LogP contribution in [-0.4, -0.2) is 49.5 Å². The van der Waals surface area contributed by atoms with Crippen molar-refractivity contribution < 1.29 is 14.6 Å². The Labute approximate surface area is 114 Å². The van der Waals surface area contributed by atoms with Crippen LogP contribution in [0.5, 0.6) is 11.5 Å². The summed E-state index contributed by atoms with van der Waals surface area (Å²) in [5, 5.41) is 9.43. The summed E-state index contributed by atoms with van der Waals surface area (Å²) in [5.74, 6) is 1.68. The fourth-order valence-corrected chi connectivity index (χ4v) is 2.31. The number of hydrogen-bond donors (Lipinski definition) is 1. The van der Waals surface area contributed by atoms with Crippen LogP contribution >= 0.6 is 0 Å². The predicted octanol–water partition coefficient (Wildman–Crippen LogP) is 1.92. The number of aliphatic hydroxyl groups excluding tert-OH is 1. The summed E-state index contributed by atoms with van der Waals surface area (Å²) >= 11 is 0. The summed E-state index contributed by atoms with van der Waals surface area (Å²) in [6, 6.07) is 7.68. The van der Waals surface area contributed by atoms with Gasteiger partial charge in [-0.2, -0.15) is 0 Å². The van der Waals surface area contributed by atoms with Crippen LogP contribution in [0.15, 0.2) is 24.3 Å². The first kappa shape index (κ1) is 14.2. The van der Waals surface area contributed by atoms with Gasteiger partial charge in [0.15, 0.2) is 0 Å². The molecule has 106 valence electrons. The lowest BCUT2D eigenvalue weighted by Crippen LogP contribution is -2.36. The third-order valence-electron chi connectivity index (χ3n) is 3.49. The van der Waals surface area contributed by atoms with Crippen molar-refractivity contribution in [2.75, 3.05) is 33.4 Å². The maximum absolute atomic E-state index is 9.43. The molecule has 0 unspecified atom stereocenters. The van der Waals surface area contributed by atoms with Crippen LogP contribution in [-0.2, 0) is 0 Å². The van der Waals surface area contributed by atoms with Crippen molar-refractivity contribution in [3.63, 3.8) is 0 Å². The number of aliphatic hydroxyl groups is 1. The third kappa shape index (κ3) is 4.73. The van der Waals surface area contributed by atoms with Gasteiger partial charge in [-0.1, -0.05) is 6.07 Å². The number of nitrogens with zero attached hydrogens (tertiary/aromatic N) is 1. The topological polar surface area (TPSA) is 41.9 Å². The lowest BCUT2D eigenvalue weighted by atomic mass is 10.1. The zero-order valence-electron chi connectivity index (χ0n) is 11.5. The molecule has 1 aliphatic rings. The van der Waals surface area contributed by atoms with Gasteiger partial charge < -0.3 is 19.5 Å². The van der Waals surface area contributed by atoms with E-state index >= 15 is 0 Å². The highest BCUT2D eigenvalue weighted by atomic mass is 16.5. The summed E-state index contributed by atoms with van der Waals surface area (Å²) in [6.07, 6.45) is 2.71. The van der Waals surface area contributed by atoms with Crippen LogP contribution in [0, 0.1) is 0 Å². The summed E-state index contributed by atoms with van der Waals surface area (Å²) in [4.78, 5) is 2.39. The molecule has 4 heteroatoms. The Morgan fingerprint density at radius 2 is 2.00 bits per heavy atom. The van der Waals surface area contributed by atoms with Crippen LogP contribution in [0.4, 0.5) is 0 Å². The van der Waals surface area contributed by atoms with Crippen molar-refractivity contribution in [1.82, 2.24) is 4.90 Å². The van der Waals surface area contributed by atoms with E-state index in [1.165, 1.54) is 0 Å². The average Bonchev–Trinajstić information content (AvgIpc) is 2.46. The molecule has 1 fully saturated rings. The zero-order valence-corrected chi connectivity index (χ0v) is 11.5. The molecule has 2 rings (SSSR count). The molecule has 0 bridgehead atoms. The van der Waals surface area contributed by atoms with Gasteiger partial charge in [-0.25, -0.2) is 0 Å². The van der Waals surface area contributed by atoms with Crippen molar-refractivity contribution in [1.29, 1.82) is 0 Å². The zero-order chi connectivity index (χ0) is 13.5. The van der Waals surface area contributed by atoms with Crippen LogP contribution in [0.25, 0.3) is 0 Å². The summed E-state index contributed by atoms with van der Waals surface area (Å²) < 4.78 is 10.9. The molecule has 1 aromatic carbocycles. The van der Waals surface area contributed by atoms with E-state index in [9.17, 15) is 5.11 Å². The monoisotopic (exact) mass is 265 g/mol. The fourth-order valence-electron chi connectivity index (χ4n) is 2.31.